The summed E-state index contributed by atoms with van der Waals surface area (Å²) in [5, 5.41) is 3.63. The van der Waals surface area contributed by atoms with Crippen LogP contribution < -0.4 is 5.32 Å². The highest BCUT2D eigenvalue weighted by atomic mass is 16.5. The molecule has 2 unspecified atom stereocenters. The molecule has 2 nitrogen and oxygen atoms in total. The topological polar surface area (TPSA) is 21.3 Å². The summed E-state index contributed by atoms with van der Waals surface area (Å²) in [5.74, 6) is 0.759. The number of rotatable bonds is 10. The van der Waals surface area contributed by atoms with Crippen molar-refractivity contribution in [2.75, 3.05) is 13.2 Å². The van der Waals surface area contributed by atoms with Gasteiger partial charge in [-0.3, -0.25) is 0 Å². The number of aryl methyl sites for hydroxylation is 1. The van der Waals surface area contributed by atoms with Gasteiger partial charge in [0.1, 0.15) is 0 Å². The molecule has 0 spiro atoms. The molecule has 0 aromatic heterocycles. The van der Waals surface area contributed by atoms with Gasteiger partial charge in [0.25, 0.3) is 0 Å². The predicted octanol–water partition coefficient (Wildman–Crippen LogP) is 4.88. The molecule has 0 aliphatic rings. The maximum absolute atomic E-state index is 6.07. The van der Waals surface area contributed by atoms with Crippen molar-refractivity contribution in [1.29, 1.82) is 0 Å². The van der Waals surface area contributed by atoms with Gasteiger partial charge in [0.15, 0.2) is 0 Å². The molecular weight excluding hydrogens is 258 g/mol. The molecule has 0 saturated carbocycles. The van der Waals surface area contributed by atoms with Crippen LogP contribution in [0.3, 0.4) is 0 Å². The summed E-state index contributed by atoms with van der Waals surface area (Å²) in [6.45, 7) is 12.9. The molecule has 0 aliphatic carbocycles. The SMILES string of the molecule is CCCNC(c1ccc(C)cc1)C(C)OCCCC(C)C. The molecule has 1 N–H and O–H groups in total. The molecule has 2 atom stereocenters. The van der Waals surface area contributed by atoms with Gasteiger partial charge in [0.2, 0.25) is 0 Å². The Balaban J connectivity index is 2.57. The van der Waals surface area contributed by atoms with E-state index in [1.165, 1.54) is 17.5 Å². The van der Waals surface area contributed by atoms with Crippen LogP contribution in [0.4, 0.5) is 0 Å². The Morgan fingerprint density at radius 3 is 2.33 bits per heavy atom. The lowest BCUT2D eigenvalue weighted by Crippen LogP contribution is -2.32. The van der Waals surface area contributed by atoms with Gasteiger partial charge in [-0.05, 0) is 51.1 Å². The Bertz CT molecular complexity index is 372. The van der Waals surface area contributed by atoms with Crippen LogP contribution in [0.15, 0.2) is 24.3 Å². The molecule has 1 aromatic rings. The smallest absolute Gasteiger partial charge is 0.0741 e. The summed E-state index contributed by atoms with van der Waals surface area (Å²) in [5.41, 5.74) is 2.63. The first-order valence-corrected chi connectivity index (χ1v) is 8.46. The number of benzene rings is 1. The van der Waals surface area contributed by atoms with Gasteiger partial charge >= 0.3 is 0 Å². The van der Waals surface area contributed by atoms with Crippen molar-refractivity contribution in [3.05, 3.63) is 35.4 Å². The van der Waals surface area contributed by atoms with E-state index in [2.05, 4.69) is 64.2 Å². The monoisotopic (exact) mass is 291 g/mol. The van der Waals surface area contributed by atoms with Crippen molar-refractivity contribution in [1.82, 2.24) is 5.32 Å². The van der Waals surface area contributed by atoms with Crippen LogP contribution in [-0.4, -0.2) is 19.3 Å². The van der Waals surface area contributed by atoms with Gasteiger partial charge in [-0.25, -0.2) is 0 Å². The molecule has 2 heteroatoms. The Morgan fingerprint density at radius 1 is 1.10 bits per heavy atom. The first-order chi connectivity index (χ1) is 10.0. The summed E-state index contributed by atoms with van der Waals surface area (Å²) >= 11 is 0. The highest BCUT2D eigenvalue weighted by Crippen LogP contribution is 2.20. The van der Waals surface area contributed by atoms with Crippen LogP contribution in [0.1, 0.15) is 64.1 Å². The van der Waals surface area contributed by atoms with E-state index >= 15 is 0 Å². The van der Waals surface area contributed by atoms with Crippen LogP contribution in [0.2, 0.25) is 0 Å². The Labute approximate surface area is 131 Å². The van der Waals surface area contributed by atoms with Gasteiger partial charge in [0, 0.05) is 6.61 Å². The summed E-state index contributed by atoms with van der Waals surface area (Å²) in [6, 6.07) is 9.08. The van der Waals surface area contributed by atoms with Crippen molar-refractivity contribution in [3.8, 4) is 0 Å². The number of hydrogen-bond donors (Lipinski definition) is 1. The minimum atomic E-state index is 0.200. The molecular formula is C19H33NO. The van der Waals surface area contributed by atoms with Gasteiger partial charge < -0.3 is 10.1 Å². The number of ether oxygens (including phenoxy) is 1. The quantitative estimate of drug-likeness (QED) is 0.620. The molecule has 0 bridgehead atoms. The molecule has 0 amide bonds. The van der Waals surface area contributed by atoms with Crippen LogP contribution in [0, 0.1) is 12.8 Å². The third-order valence-corrected chi connectivity index (χ3v) is 3.83. The average molecular weight is 291 g/mol. The standard InChI is InChI=1S/C19H33NO/c1-6-13-20-19(18-11-9-16(4)10-12-18)17(5)21-14-7-8-15(2)3/h9-12,15,17,19-20H,6-8,13-14H2,1-5H3. The second kappa shape index (κ2) is 9.97. The van der Waals surface area contributed by atoms with E-state index in [1.807, 2.05) is 0 Å². The predicted molar refractivity (Wildman–Crippen MR) is 91.7 cm³/mol. The lowest BCUT2D eigenvalue weighted by molar-refractivity contribution is 0.0351. The maximum Gasteiger partial charge on any atom is 0.0741 e. The summed E-state index contributed by atoms with van der Waals surface area (Å²) < 4.78 is 6.07. The summed E-state index contributed by atoms with van der Waals surface area (Å²) in [6.07, 6.45) is 3.73. The molecule has 0 fully saturated rings. The van der Waals surface area contributed by atoms with E-state index in [9.17, 15) is 0 Å². The van der Waals surface area contributed by atoms with Gasteiger partial charge in [-0.1, -0.05) is 50.6 Å². The molecule has 0 heterocycles. The largest absolute Gasteiger partial charge is 0.377 e. The van der Waals surface area contributed by atoms with Crippen molar-refractivity contribution >= 4 is 0 Å². The van der Waals surface area contributed by atoms with Crippen molar-refractivity contribution in [2.24, 2.45) is 5.92 Å². The Morgan fingerprint density at radius 2 is 1.76 bits per heavy atom. The zero-order chi connectivity index (χ0) is 15.7. The highest BCUT2D eigenvalue weighted by molar-refractivity contribution is 5.24. The van der Waals surface area contributed by atoms with Crippen molar-refractivity contribution < 1.29 is 4.74 Å². The van der Waals surface area contributed by atoms with Crippen LogP contribution in [0.25, 0.3) is 0 Å². The highest BCUT2D eigenvalue weighted by Gasteiger charge is 2.19. The zero-order valence-corrected chi connectivity index (χ0v) is 14.5. The van der Waals surface area contributed by atoms with E-state index in [-0.39, 0.29) is 12.1 Å². The third-order valence-electron chi connectivity index (χ3n) is 3.83. The number of nitrogens with one attached hydrogen (secondary N) is 1. The summed E-state index contributed by atoms with van der Waals surface area (Å²) in [4.78, 5) is 0. The second-order valence-corrected chi connectivity index (χ2v) is 6.45. The second-order valence-electron chi connectivity index (χ2n) is 6.45. The summed E-state index contributed by atoms with van der Waals surface area (Å²) in [7, 11) is 0. The van der Waals surface area contributed by atoms with Crippen LogP contribution in [-0.2, 0) is 4.74 Å². The maximum atomic E-state index is 6.07. The molecule has 1 rings (SSSR count). The van der Waals surface area contributed by atoms with Gasteiger partial charge in [-0.15, -0.1) is 0 Å². The Kier molecular flexibility index (Phi) is 8.63. The molecule has 1 aromatic carbocycles. The van der Waals surface area contributed by atoms with Gasteiger partial charge in [0.05, 0.1) is 12.1 Å². The van der Waals surface area contributed by atoms with E-state index in [1.54, 1.807) is 0 Å². The first kappa shape index (κ1) is 18.2. The molecule has 0 saturated heterocycles. The van der Waals surface area contributed by atoms with E-state index < -0.39 is 0 Å². The van der Waals surface area contributed by atoms with Gasteiger partial charge in [-0.2, -0.15) is 0 Å². The van der Waals surface area contributed by atoms with E-state index in [4.69, 9.17) is 4.74 Å². The normalized spacial score (nSPS) is 14.4. The molecule has 21 heavy (non-hydrogen) atoms. The lowest BCUT2D eigenvalue weighted by atomic mass is 10.0. The molecule has 0 aliphatic heterocycles. The first-order valence-electron chi connectivity index (χ1n) is 8.46. The minimum absolute atomic E-state index is 0.200. The molecule has 0 radical (unpaired) electrons. The third kappa shape index (κ3) is 7.10. The zero-order valence-electron chi connectivity index (χ0n) is 14.5. The Hall–Kier alpha value is -0.860. The fraction of sp³-hybridized carbons (Fsp3) is 0.684. The van der Waals surface area contributed by atoms with E-state index in [0.717, 1.165) is 31.9 Å². The van der Waals surface area contributed by atoms with E-state index in [0.29, 0.717) is 0 Å². The van der Waals surface area contributed by atoms with Crippen LogP contribution in [0.5, 0.6) is 0 Å². The fourth-order valence-corrected chi connectivity index (χ4v) is 2.49. The average Bonchev–Trinajstić information content (AvgIpc) is 2.45. The molecule has 120 valence electrons. The van der Waals surface area contributed by atoms with Crippen molar-refractivity contribution in [3.63, 3.8) is 0 Å². The fourth-order valence-electron chi connectivity index (χ4n) is 2.49. The lowest BCUT2D eigenvalue weighted by Gasteiger charge is -2.26. The van der Waals surface area contributed by atoms with Crippen LogP contribution >= 0.6 is 0 Å². The van der Waals surface area contributed by atoms with Crippen molar-refractivity contribution in [2.45, 2.75) is 66.0 Å². The number of hydrogen-bond acceptors (Lipinski definition) is 2. The minimum Gasteiger partial charge on any atom is -0.377 e.